The molecule has 10 atom stereocenters. The quantitative estimate of drug-likeness (QED) is 0.103. The number of hydrogen-bond acceptors (Lipinski definition) is 16. The molecule has 2 saturated heterocycles. The van der Waals surface area contributed by atoms with E-state index >= 15 is 0 Å². The summed E-state index contributed by atoms with van der Waals surface area (Å²) < 4.78 is 38.6. The molecule has 4 N–H and O–H groups in total. The average Bonchev–Trinajstić information content (AvgIpc) is 2.90. The maximum atomic E-state index is 12.2. The van der Waals surface area contributed by atoms with Crippen molar-refractivity contribution in [2.24, 2.45) is 0 Å². The molecule has 228 valence electrons. The van der Waals surface area contributed by atoms with E-state index in [1.807, 2.05) is 0 Å². The number of rotatable bonds is 10. The number of aliphatic hydroxyl groups excluding tert-OH is 4. The lowest BCUT2D eigenvalue weighted by molar-refractivity contribution is -0.387. The Balaban J connectivity index is 2.04. The normalized spacial score (nSPS) is 33.3. The van der Waals surface area contributed by atoms with Crippen molar-refractivity contribution in [1.82, 2.24) is 0 Å². The molecule has 17 nitrogen and oxygen atoms in total. The molecule has 2 aliphatic rings. The highest BCUT2D eigenvalue weighted by atomic mass is 16.8. The molecular formula is C24H31NO16. The van der Waals surface area contributed by atoms with Crippen molar-refractivity contribution in [3.8, 4) is 5.75 Å². The van der Waals surface area contributed by atoms with Crippen molar-refractivity contribution in [1.29, 1.82) is 0 Å². The van der Waals surface area contributed by atoms with E-state index < -0.39 is 103 Å². The van der Waals surface area contributed by atoms with Crippen LogP contribution < -0.4 is 4.74 Å². The minimum Gasteiger partial charge on any atom is -0.463 e. The molecule has 2 aliphatic heterocycles. The largest absolute Gasteiger partial charge is 0.463 e. The van der Waals surface area contributed by atoms with Crippen LogP contribution in [0, 0.1) is 10.1 Å². The van der Waals surface area contributed by atoms with Crippen LogP contribution in [0.3, 0.4) is 0 Å². The number of para-hydroxylation sites is 2. The fourth-order valence-electron chi connectivity index (χ4n) is 4.28. The molecule has 17 heteroatoms. The lowest BCUT2D eigenvalue weighted by Crippen LogP contribution is -2.66. The maximum Gasteiger partial charge on any atom is 0.311 e. The van der Waals surface area contributed by atoms with E-state index in [1.165, 1.54) is 18.2 Å². The lowest BCUT2D eigenvalue weighted by Gasteiger charge is -2.47. The summed E-state index contributed by atoms with van der Waals surface area (Å²) in [4.78, 5) is 46.7. The number of nitrogens with zero attached hydrogens (tertiary/aromatic N) is 1. The number of carbonyl (C=O) groups is 3. The van der Waals surface area contributed by atoms with Gasteiger partial charge in [-0.15, -0.1) is 0 Å². The molecule has 0 aliphatic carbocycles. The predicted octanol–water partition coefficient (Wildman–Crippen LogP) is -1.69. The Morgan fingerprint density at radius 1 is 0.854 bits per heavy atom. The van der Waals surface area contributed by atoms with Gasteiger partial charge in [0.1, 0.15) is 43.2 Å². The van der Waals surface area contributed by atoms with Gasteiger partial charge in [0.05, 0.1) is 11.5 Å². The Kier molecular flexibility index (Phi) is 10.9. The summed E-state index contributed by atoms with van der Waals surface area (Å²) in [6, 6.07) is 5.19. The van der Waals surface area contributed by atoms with Gasteiger partial charge in [0.25, 0.3) is 0 Å². The fourth-order valence-corrected chi connectivity index (χ4v) is 4.28. The summed E-state index contributed by atoms with van der Waals surface area (Å²) in [5, 5.41) is 51.9. The molecule has 0 saturated carbocycles. The number of aliphatic hydroxyl groups is 4. The first-order valence-electron chi connectivity index (χ1n) is 12.3. The summed E-state index contributed by atoms with van der Waals surface area (Å²) in [6.45, 7) is 1.76. The second-order valence-corrected chi connectivity index (χ2v) is 9.13. The van der Waals surface area contributed by atoms with Crippen LogP contribution in [0.15, 0.2) is 24.3 Å². The van der Waals surface area contributed by atoms with Crippen molar-refractivity contribution in [3.05, 3.63) is 34.4 Å². The van der Waals surface area contributed by atoms with E-state index in [0.717, 1.165) is 26.8 Å². The number of carbonyl (C=O) groups excluding carboxylic acids is 3. The molecule has 0 radical (unpaired) electrons. The highest BCUT2D eigenvalue weighted by Gasteiger charge is 2.55. The molecule has 1 aromatic rings. The Morgan fingerprint density at radius 2 is 1.46 bits per heavy atom. The second kappa shape index (κ2) is 13.9. The average molecular weight is 590 g/mol. The second-order valence-electron chi connectivity index (χ2n) is 9.13. The van der Waals surface area contributed by atoms with Gasteiger partial charge in [0.2, 0.25) is 12.4 Å². The highest BCUT2D eigenvalue weighted by Crippen LogP contribution is 2.35. The van der Waals surface area contributed by atoms with Gasteiger partial charge in [-0.05, 0) is 6.07 Å². The van der Waals surface area contributed by atoms with Crippen LogP contribution in [-0.2, 0) is 42.8 Å². The smallest absolute Gasteiger partial charge is 0.311 e. The van der Waals surface area contributed by atoms with E-state index in [-0.39, 0.29) is 5.75 Å². The SMILES string of the molecule is CC(=O)OC[C@H]1O[C@@H](Oc2ccccc2[N+](=O)[O-])[C@H](OC(C)=O)[C@@H](OC(C)=O)[C@@H]1O[C@@H]1O[C@H](CO)[C@H](O)[C@H](O)[C@H]1O. The zero-order valence-electron chi connectivity index (χ0n) is 22.1. The summed E-state index contributed by atoms with van der Waals surface area (Å²) in [6.07, 6.45) is -16.6. The van der Waals surface area contributed by atoms with Gasteiger partial charge in [0, 0.05) is 26.8 Å². The van der Waals surface area contributed by atoms with Crippen LogP contribution >= 0.6 is 0 Å². The Labute approximate surface area is 232 Å². The van der Waals surface area contributed by atoms with E-state index in [9.17, 15) is 44.9 Å². The highest BCUT2D eigenvalue weighted by molar-refractivity contribution is 5.67. The fraction of sp³-hybridized carbons (Fsp3) is 0.625. The number of esters is 3. The molecular weight excluding hydrogens is 558 g/mol. The van der Waals surface area contributed by atoms with Crippen molar-refractivity contribution in [3.63, 3.8) is 0 Å². The third kappa shape index (κ3) is 7.85. The van der Waals surface area contributed by atoms with Gasteiger partial charge < -0.3 is 53.6 Å². The number of benzene rings is 1. The number of ether oxygens (including phenoxy) is 7. The topological polar surface area (TPSA) is 240 Å². The number of hydrogen-bond donors (Lipinski definition) is 4. The lowest BCUT2D eigenvalue weighted by atomic mass is 9.96. The van der Waals surface area contributed by atoms with Gasteiger partial charge in [-0.3, -0.25) is 24.5 Å². The first kappa shape index (κ1) is 32.1. The van der Waals surface area contributed by atoms with Crippen LogP contribution in [0.5, 0.6) is 5.75 Å². The first-order valence-corrected chi connectivity index (χ1v) is 12.3. The van der Waals surface area contributed by atoms with Crippen LogP contribution in [0.2, 0.25) is 0 Å². The Morgan fingerprint density at radius 3 is 2.05 bits per heavy atom. The summed E-state index contributed by atoms with van der Waals surface area (Å²) in [5.41, 5.74) is -0.474. The van der Waals surface area contributed by atoms with E-state index in [1.54, 1.807) is 0 Å². The van der Waals surface area contributed by atoms with Gasteiger partial charge >= 0.3 is 23.6 Å². The molecule has 0 aromatic heterocycles. The molecule has 0 bridgehead atoms. The van der Waals surface area contributed by atoms with E-state index in [2.05, 4.69) is 0 Å². The minimum absolute atomic E-state index is 0.305. The summed E-state index contributed by atoms with van der Waals surface area (Å²) in [5.74, 6) is -2.88. The van der Waals surface area contributed by atoms with Crippen LogP contribution in [-0.4, -0.2) is 118 Å². The van der Waals surface area contributed by atoms with E-state index in [4.69, 9.17) is 33.2 Å². The monoisotopic (exact) mass is 589 g/mol. The predicted molar refractivity (Wildman–Crippen MR) is 129 cm³/mol. The molecule has 2 fully saturated rings. The zero-order chi connectivity index (χ0) is 30.4. The standard InChI is InChI=1S/C24H31NO16/c1-10(27)35-9-16-20(41-23-19(32)18(31)17(30)15(8-26)39-23)21(36-11(2)28)22(37-12(3)29)24(40-16)38-14-7-5-4-6-13(14)25(33)34/h4-7,15-24,26,30-32H,8-9H2,1-3H3/t15-,16-,17+,18+,19-,20-,21+,22-,23+,24-/m1/s1. The van der Waals surface area contributed by atoms with Gasteiger partial charge in [-0.1, -0.05) is 12.1 Å². The van der Waals surface area contributed by atoms with Crippen LogP contribution in [0.1, 0.15) is 20.8 Å². The molecule has 41 heavy (non-hydrogen) atoms. The van der Waals surface area contributed by atoms with Crippen LogP contribution in [0.25, 0.3) is 0 Å². The maximum absolute atomic E-state index is 12.2. The van der Waals surface area contributed by atoms with Gasteiger partial charge in [-0.25, -0.2) is 0 Å². The molecule has 2 heterocycles. The summed E-state index contributed by atoms with van der Waals surface area (Å²) >= 11 is 0. The zero-order valence-corrected chi connectivity index (χ0v) is 22.1. The Hall–Kier alpha value is -3.45. The van der Waals surface area contributed by atoms with Gasteiger partial charge in [-0.2, -0.15) is 0 Å². The molecule has 0 amide bonds. The molecule has 0 unspecified atom stereocenters. The van der Waals surface area contributed by atoms with Crippen LogP contribution in [0.4, 0.5) is 5.69 Å². The molecule has 1 aromatic carbocycles. The third-order valence-electron chi connectivity index (χ3n) is 6.09. The molecule has 0 spiro atoms. The molecule has 3 rings (SSSR count). The van der Waals surface area contributed by atoms with Crippen molar-refractivity contribution in [2.75, 3.05) is 13.2 Å². The number of nitro groups is 1. The number of nitro benzene ring substituents is 1. The first-order chi connectivity index (χ1) is 19.3. The van der Waals surface area contributed by atoms with Crippen molar-refractivity contribution in [2.45, 2.75) is 82.2 Å². The van der Waals surface area contributed by atoms with Crippen molar-refractivity contribution < 1.29 is 72.9 Å². The minimum atomic E-state index is -1.90. The van der Waals surface area contributed by atoms with Gasteiger partial charge in [0.15, 0.2) is 18.1 Å². The van der Waals surface area contributed by atoms with E-state index in [0.29, 0.717) is 0 Å². The Bertz CT molecular complexity index is 1100. The van der Waals surface area contributed by atoms with Crippen molar-refractivity contribution >= 4 is 23.6 Å². The summed E-state index contributed by atoms with van der Waals surface area (Å²) in [7, 11) is 0. The third-order valence-corrected chi connectivity index (χ3v) is 6.09.